The van der Waals surface area contributed by atoms with Gasteiger partial charge in [-0.2, -0.15) is 0 Å². The van der Waals surface area contributed by atoms with Crippen molar-refractivity contribution in [3.63, 3.8) is 0 Å². The van der Waals surface area contributed by atoms with Gasteiger partial charge in [0.15, 0.2) is 23.0 Å². The molecule has 0 aliphatic heterocycles. The van der Waals surface area contributed by atoms with Crippen LogP contribution in [0, 0.1) is 0 Å². The Labute approximate surface area is 196 Å². The number of fused-ring (bicyclic) bond motifs is 1. The van der Waals surface area contributed by atoms with Crippen molar-refractivity contribution >= 4 is 11.0 Å². The zero-order chi connectivity index (χ0) is 24.4. The second-order valence-corrected chi connectivity index (χ2v) is 7.34. The number of benzene rings is 3. The van der Waals surface area contributed by atoms with Crippen LogP contribution in [0.3, 0.4) is 0 Å². The van der Waals surface area contributed by atoms with Crippen LogP contribution in [0.4, 0.5) is 0 Å². The number of aromatic amines is 1. The Balaban J connectivity index is 2.00. The summed E-state index contributed by atoms with van der Waals surface area (Å²) in [5.41, 5.74) is 2.75. The number of phenolic OH excluding ortho intramolecular Hbond substituents is 1. The highest BCUT2D eigenvalue weighted by Gasteiger charge is 2.20. The highest BCUT2D eigenvalue weighted by Crippen LogP contribution is 2.41. The van der Waals surface area contributed by atoms with E-state index in [9.17, 15) is 9.90 Å². The van der Waals surface area contributed by atoms with Crippen molar-refractivity contribution < 1.29 is 28.8 Å². The van der Waals surface area contributed by atoms with Gasteiger partial charge in [-0.15, -0.1) is 0 Å². The van der Waals surface area contributed by atoms with Crippen molar-refractivity contribution in [3.8, 4) is 51.3 Å². The molecule has 0 saturated heterocycles. The summed E-state index contributed by atoms with van der Waals surface area (Å²) < 4.78 is 28.8. The monoisotopic (exact) mass is 466 g/mol. The van der Waals surface area contributed by atoms with Gasteiger partial charge in [0.1, 0.15) is 11.3 Å². The molecule has 0 amide bonds. The number of rotatable bonds is 8. The molecule has 1 aromatic heterocycles. The molecular formula is C25H26N2O7. The smallest absolute Gasteiger partial charge is 0.331 e. The van der Waals surface area contributed by atoms with Crippen molar-refractivity contribution in [3.05, 3.63) is 52.9 Å². The lowest BCUT2D eigenvalue weighted by Crippen LogP contribution is -2.15. The molecule has 4 rings (SSSR count). The number of aromatic nitrogens is 2. The summed E-state index contributed by atoms with van der Waals surface area (Å²) in [6.45, 7) is 2.27. The Morgan fingerprint density at radius 1 is 0.824 bits per heavy atom. The molecule has 0 atom stereocenters. The van der Waals surface area contributed by atoms with E-state index in [4.69, 9.17) is 23.7 Å². The van der Waals surface area contributed by atoms with E-state index >= 15 is 0 Å². The number of hydrogen-bond donors (Lipinski definition) is 2. The van der Waals surface area contributed by atoms with Gasteiger partial charge in [0.2, 0.25) is 5.75 Å². The van der Waals surface area contributed by atoms with Crippen LogP contribution >= 0.6 is 0 Å². The zero-order valence-electron chi connectivity index (χ0n) is 19.6. The van der Waals surface area contributed by atoms with Crippen LogP contribution < -0.4 is 29.4 Å². The summed E-state index contributed by atoms with van der Waals surface area (Å²) >= 11 is 0. The predicted octanol–water partition coefficient (Wildman–Crippen LogP) is 4.12. The number of nitrogens with one attached hydrogen (secondary N) is 1. The Morgan fingerprint density at radius 2 is 1.50 bits per heavy atom. The van der Waals surface area contributed by atoms with Crippen LogP contribution in [0.5, 0.6) is 34.5 Å². The van der Waals surface area contributed by atoms with Gasteiger partial charge in [-0.3, -0.25) is 4.57 Å². The topological polar surface area (TPSA) is 104 Å². The minimum atomic E-state index is -0.361. The predicted molar refractivity (Wildman–Crippen MR) is 128 cm³/mol. The molecule has 0 fully saturated rings. The molecule has 34 heavy (non-hydrogen) atoms. The number of imidazole rings is 1. The van der Waals surface area contributed by atoms with E-state index in [2.05, 4.69) is 4.98 Å². The molecule has 178 valence electrons. The van der Waals surface area contributed by atoms with E-state index < -0.39 is 0 Å². The lowest BCUT2D eigenvalue weighted by Gasteiger charge is -2.15. The molecule has 0 spiro atoms. The summed E-state index contributed by atoms with van der Waals surface area (Å²) in [6, 6.07) is 12.2. The van der Waals surface area contributed by atoms with Crippen LogP contribution in [-0.2, 0) is 0 Å². The van der Waals surface area contributed by atoms with E-state index in [0.717, 1.165) is 11.1 Å². The van der Waals surface area contributed by atoms with Gasteiger partial charge in [0.25, 0.3) is 0 Å². The fourth-order valence-corrected chi connectivity index (χ4v) is 3.93. The average Bonchev–Trinajstić information content (AvgIpc) is 3.19. The molecule has 0 saturated carbocycles. The standard InChI is InChI=1S/C25H26N2O7/c1-6-34-20-11-15(14-7-8-19(30-2)18(28)10-14)9-17-23(20)26-25(29)27(17)16-12-21(31-3)24(33-5)22(13-16)32-4/h7-13,28H,6H2,1-5H3,(H,26,29). The van der Waals surface area contributed by atoms with Crippen LogP contribution in [0.15, 0.2) is 47.3 Å². The van der Waals surface area contributed by atoms with E-state index in [-0.39, 0.29) is 11.4 Å². The van der Waals surface area contributed by atoms with Crippen LogP contribution in [-0.4, -0.2) is 49.7 Å². The third kappa shape index (κ3) is 3.85. The van der Waals surface area contributed by atoms with Gasteiger partial charge in [0, 0.05) is 12.1 Å². The molecule has 3 aromatic carbocycles. The first kappa shape index (κ1) is 22.9. The number of aromatic hydroxyl groups is 1. The zero-order valence-corrected chi connectivity index (χ0v) is 19.6. The van der Waals surface area contributed by atoms with Crippen LogP contribution in [0.1, 0.15) is 6.92 Å². The molecule has 0 radical (unpaired) electrons. The Kier molecular flexibility index (Phi) is 6.27. The third-order valence-electron chi connectivity index (χ3n) is 5.48. The Hall–Kier alpha value is -4.27. The van der Waals surface area contributed by atoms with E-state index in [1.54, 1.807) is 24.3 Å². The first-order chi connectivity index (χ1) is 16.4. The fraction of sp³-hybridized carbons (Fsp3) is 0.240. The average molecular weight is 466 g/mol. The number of ether oxygens (including phenoxy) is 5. The Bertz CT molecular complexity index is 1380. The molecule has 9 nitrogen and oxygen atoms in total. The summed E-state index contributed by atoms with van der Waals surface area (Å²) in [5, 5.41) is 10.3. The van der Waals surface area contributed by atoms with Crippen LogP contribution in [0.25, 0.3) is 27.8 Å². The van der Waals surface area contributed by atoms with Gasteiger partial charge in [0.05, 0.1) is 46.3 Å². The first-order valence-electron chi connectivity index (χ1n) is 10.5. The molecular weight excluding hydrogens is 440 g/mol. The number of methoxy groups -OCH3 is 4. The highest BCUT2D eigenvalue weighted by molar-refractivity contribution is 5.89. The Morgan fingerprint density at radius 3 is 2.06 bits per heavy atom. The quantitative estimate of drug-likeness (QED) is 0.402. The van der Waals surface area contributed by atoms with E-state index in [1.165, 1.54) is 33.0 Å². The van der Waals surface area contributed by atoms with Crippen molar-refractivity contribution in [2.24, 2.45) is 0 Å². The lowest BCUT2D eigenvalue weighted by atomic mass is 10.0. The van der Waals surface area contributed by atoms with Crippen molar-refractivity contribution in [1.29, 1.82) is 0 Å². The van der Waals surface area contributed by atoms with Gasteiger partial charge in [-0.25, -0.2) is 4.79 Å². The lowest BCUT2D eigenvalue weighted by molar-refractivity contribution is 0.324. The van der Waals surface area contributed by atoms with Gasteiger partial charge in [-0.1, -0.05) is 6.07 Å². The van der Waals surface area contributed by atoms with Crippen molar-refractivity contribution in [1.82, 2.24) is 9.55 Å². The number of nitrogens with zero attached hydrogens (tertiary/aromatic N) is 1. The molecule has 0 bridgehead atoms. The van der Waals surface area contributed by atoms with Gasteiger partial charge < -0.3 is 33.8 Å². The van der Waals surface area contributed by atoms with Gasteiger partial charge in [-0.05, 0) is 42.3 Å². The molecule has 1 heterocycles. The first-order valence-corrected chi connectivity index (χ1v) is 10.5. The fourth-order valence-electron chi connectivity index (χ4n) is 3.93. The summed E-state index contributed by atoms with van der Waals surface area (Å²) in [7, 11) is 6.04. The maximum atomic E-state index is 13.1. The van der Waals surface area contributed by atoms with Crippen LogP contribution in [0.2, 0.25) is 0 Å². The maximum Gasteiger partial charge on any atom is 0.331 e. The molecule has 0 aliphatic carbocycles. The van der Waals surface area contributed by atoms with Crippen molar-refractivity contribution in [2.75, 3.05) is 35.0 Å². The molecule has 9 heteroatoms. The third-order valence-corrected chi connectivity index (χ3v) is 5.48. The largest absolute Gasteiger partial charge is 0.504 e. The highest BCUT2D eigenvalue weighted by atomic mass is 16.5. The molecule has 0 aliphatic rings. The summed E-state index contributed by atoms with van der Waals surface area (Å²) in [6.07, 6.45) is 0. The summed E-state index contributed by atoms with van der Waals surface area (Å²) in [4.78, 5) is 16.0. The minimum absolute atomic E-state index is 0.00847. The number of phenols is 1. The normalized spacial score (nSPS) is 10.9. The minimum Gasteiger partial charge on any atom is -0.504 e. The second-order valence-electron chi connectivity index (χ2n) is 7.34. The maximum absolute atomic E-state index is 13.1. The molecule has 2 N–H and O–H groups in total. The second kappa shape index (κ2) is 9.30. The summed E-state index contributed by atoms with van der Waals surface area (Å²) in [5.74, 6) is 2.14. The van der Waals surface area contributed by atoms with Crippen molar-refractivity contribution in [2.45, 2.75) is 6.92 Å². The van der Waals surface area contributed by atoms with E-state index in [0.29, 0.717) is 52.1 Å². The number of hydrogen-bond acceptors (Lipinski definition) is 7. The van der Waals surface area contributed by atoms with E-state index in [1.807, 2.05) is 25.1 Å². The molecule has 4 aromatic rings. The van der Waals surface area contributed by atoms with Gasteiger partial charge >= 0.3 is 5.69 Å². The molecule has 0 unspecified atom stereocenters. The number of H-pyrrole nitrogens is 1. The SMILES string of the molecule is CCOc1cc(-c2ccc(OC)c(O)c2)cc2c1[nH]c(=O)n2-c1cc(OC)c(OC)c(OC)c1.